The number of aliphatic hydroxyl groups excluding tert-OH is 1. The maximum atomic E-state index is 12.8. The summed E-state index contributed by atoms with van der Waals surface area (Å²) in [5.41, 5.74) is 0.656. The van der Waals surface area contributed by atoms with Crippen molar-refractivity contribution >= 4 is 16.9 Å². The number of ether oxygens (including phenoxy) is 2. The molecule has 28 heavy (non-hydrogen) atoms. The van der Waals surface area contributed by atoms with Crippen LogP contribution in [-0.4, -0.2) is 43.0 Å². The Morgan fingerprint density at radius 3 is 2.61 bits per heavy atom. The van der Waals surface area contributed by atoms with Crippen LogP contribution in [0.25, 0.3) is 22.1 Å². The normalized spacial score (nSPS) is 10.6. The van der Waals surface area contributed by atoms with Gasteiger partial charge in [-0.25, -0.2) is 0 Å². The summed E-state index contributed by atoms with van der Waals surface area (Å²) >= 11 is 0. The number of carbonyl (C=O) groups excluding carboxylic acids is 1. The lowest BCUT2D eigenvalue weighted by Gasteiger charge is -2.09. The molecule has 8 nitrogen and oxygen atoms in total. The standard InChI is InChI=1S/C20H19NO7/c1-26-13-4-2-12(3-5-13)15-10-28-17-9-14(8-16(23)19(17)20(15)25)27-11-18(24)21-6-7-22/h2-5,8-10,22-23H,6-7,11H2,1H3,(H,21,24). The van der Waals surface area contributed by atoms with Crippen LogP contribution < -0.4 is 20.2 Å². The largest absolute Gasteiger partial charge is 0.507 e. The molecule has 0 aliphatic rings. The van der Waals surface area contributed by atoms with E-state index in [0.29, 0.717) is 16.9 Å². The summed E-state index contributed by atoms with van der Waals surface area (Å²) < 4.78 is 15.9. The van der Waals surface area contributed by atoms with Crippen LogP contribution in [0.4, 0.5) is 0 Å². The number of nitrogens with one attached hydrogen (secondary N) is 1. The summed E-state index contributed by atoms with van der Waals surface area (Å²) in [4.78, 5) is 24.4. The molecule has 0 saturated heterocycles. The zero-order chi connectivity index (χ0) is 20.1. The van der Waals surface area contributed by atoms with Crippen molar-refractivity contribution in [2.75, 3.05) is 26.9 Å². The van der Waals surface area contributed by atoms with Crippen molar-refractivity contribution in [1.82, 2.24) is 5.32 Å². The Morgan fingerprint density at radius 1 is 1.18 bits per heavy atom. The monoisotopic (exact) mass is 385 g/mol. The number of aromatic hydroxyl groups is 1. The van der Waals surface area contributed by atoms with E-state index in [9.17, 15) is 14.7 Å². The van der Waals surface area contributed by atoms with Crippen molar-refractivity contribution in [3.8, 4) is 28.4 Å². The molecule has 3 rings (SSSR count). The highest BCUT2D eigenvalue weighted by Crippen LogP contribution is 2.30. The predicted octanol–water partition coefficient (Wildman–Crippen LogP) is 1.66. The minimum absolute atomic E-state index is 0.0189. The number of amides is 1. The first kappa shape index (κ1) is 19.2. The number of rotatable bonds is 7. The van der Waals surface area contributed by atoms with Gasteiger partial charge in [0.15, 0.2) is 6.61 Å². The summed E-state index contributed by atoms with van der Waals surface area (Å²) in [6.45, 7) is -0.364. The number of aliphatic hydroxyl groups is 1. The van der Waals surface area contributed by atoms with Gasteiger partial charge in [-0.1, -0.05) is 12.1 Å². The first-order valence-corrected chi connectivity index (χ1v) is 8.46. The molecule has 0 aliphatic carbocycles. The molecule has 3 N–H and O–H groups in total. The van der Waals surface area contributed by atoms with Gasteiger partial charge < -0.3 is 29.4 Å². The van der Waals surface area contributed by atoms with Gasteiger partial charge in [-0.2, -0.15) is 0 Å². The Hall–Kier alpha value is -3.52. The second kappa shape index (κ2) is 8.45. The highest BCUT2D eigenvalue weighted by Gasteiger charge is 2.15. The number of benzene rings is 2. The highest BCUT2D eigenvalue weighted by molar-refractivity contribution is 5.88. The fourth-order valence-electron chi connectivity index (χ4n) is 2.66. The van der Waals surface area contributed by atoms with Gasteiger partial charge in [0, 0.05) is 18.7 Å². The fourth-order valence-corrected chi connectivity index (χ4v) is 2.66. The molecule has 0 radical (unpaired) electrons. The van der Waals surface area contributed by atoms with Gasteiger partial charge in [0.1, 0.15) is 34.5 Å². The molecular formula is C20H19NO7. The second-order valence-corrected chi connectivity index (χ2v) is 5.88. The Bertz CT molecular complexity index is 1040. The zero-order valence-corrected chi connectivity index (χ0v) is 15.1. The number of hydrogen-bond donors (Lipinski definition) is 3. The Kier molecular flexibility index (Phi) is 5.81. The third kappa shape index (κ3) is 4.07. The van der Waals surface area contributed by atoms with Crippen LogP contribution >= 0.6 is 0 Å². The zero-order valence-electron chi connectivity index (χ0n) is 15.1. The first-order valence-electron chi connectivity index (χ1n) is 8.46. The molecule has 146 valence electrons. The van der Waals surface area contributed by atoms with Crippen LogP contribution in [0.5, 0.6) is 17.2 Å². The van der Waals surface area contributed by atoms with Gasteiger partial charge in [0.25, 0.3) is 5.91 Å². The van der Waals surface area contributed by atoms with Crippen LogP contribution in [-0.2, 0) is 4.79 Å². The molecule has 1 amide bonds. The molecular weight excluding hydrogens is 366 g/mol. The molecule has 1 aromatic heterocycles. The van der Waals surface area contributed by atoms with Crippen LogP contribution in [0.3, 0.4) is 0 Å². The summed E-state index contributed by atoms with van der Waals surface area (Å²) in [7, 11) is 1.55. The van der Waals surface area contributed by atoms with Crippen LogP contribution in [0.15, 0.2) is 51.9 Å². The maximum Gasteiger partial charge on any atom is 0.258 e. The van der Waals surface area contributed by atoms with Gasteiger partial charge in [-0.3, -0.25) is 9.59 Å². The maximum absolute atomic E-state index is 12.8. The number of phenols is 1. The molecule has 0 fully saturated rings. The molecule has 8 heteroatoms. The predicted molar refractivity (Wildman–Crippen MR) is 102 cm³/mol. The van der Waals surface area contributed by atoms with Gasteiger partial charge in [-0.05, 0) is 17.7 Å². The minimum atomic E-state index is -0.426. The Morgan fingerprint density at radius 2 is 1.93 bits per heavy atom. The van der Waals surface area contributed by atoms with Crippen molar-refractivity contribution in [2.24, 2.45) is 0 Å². The van der Waals surface area contributed by atoms with Crippen molar-refractivity contribution in [2.45, 2.75) is 0 Å². The lowest BCUT2D eigenvalue weighted by molar-refractivity contribution is -0.123. The summed E-state index contributed by atoms with van der Waals surface area (Å²) in [5.74, 6) is 0.0865. The van der Waals surface area contributed by atoms with E-state index >= 15 is 0 Å². The van der Waals surface area contributed by atoms with Gasteiger partial charge >= 0.3 is 0 Å². The third-order valence-corrected chi connectivity index (χ3v) is 4.04. The van der Waals surface area contributed by atoms with E-state index in [-0.39, 0.29) is 42.2 Å². The van der Waals surface area contributed by atoms with Crippen LogP contribution in [0.2, 0.25) is 0 Å². The number of methoxy groups -OCH3 is 1. The Balaban J connectivity index is 1.90. The molecule has 0 spiro atoms. The molecule has 2 aromatic carbocycles. The topological polar surface area (TPSA) is 118 Å². The summed E-state index contributed by atoms with van der Waals surface area (Å²) in [6.07, 6.45) is 1.31. The minimum Gasteiger partial charge on any atom is -0.507 e. The van der Waals surface area contributed by atoms with Crippen molar-refractivity contribution in [1.29, 1.82) is 0 Å². The molecule has 0 unspecified atom stereocenters. The molecule has 0 bridgehead atoms. The molecule has 0 saturated carbocycles. The lowest BCUT2D eigenvalue weighted by atomic mass is 10.0. The summed E-state index contributed by atoms with van der Waals surface area (Å²) in [6, 6.07) is 9.55. The van der Waals surface area contributed by atoms with E-state index in [1.54, 1.807) is 31.4 Å². The van der Waals surface area contributed by atoms with E-state index in [0.717, 1.165) is 0 Å². The van der Waals surface area contributed by atoms with Crippen LogP contribution in [0.1, 0.15) is 0 Å². The van der Waals surface area contributed by atoms with Crippen molar-refractivity contribution in [3.05, 3.63) is 52.9 Å². The van der Waals surface area contributed by atoms with E-state index < -0.39 is 11.3 Å². The third-order valence-electron chi connectivity index (χ3n) is 4.04. The Labute approximate surface area is 159 Å². The number of fused-ring (bicyclic) bond motifs is 1. The first-order chi connectivity index (χ1) is 13.5. The highest BCUT2D eigenvalue weighted by atomic mass is 16.5. The molecule has 0 atom stereocenters. The van der Waals surface area contributed by atoms with Gasteiger partial charge in [0.05, 0.1) is 19.3 Å². The SMILES string of the molecule is COc1ccc(-c2coc3cc(OCC(=O)NCCO)cc(O)c3c2=O)cc1. The van der Waals surface area contributed by atoms with Gasteiger partial charge in [-0.15, -0.1) is 0 Å². The van der Waals surface area contributed by atoms with Gasteiger partial charge in [0.2, 0.25) is 5.43 Å². The number of hydrogen-bond acceptors (Lipinski definition) is 7. The van der Waals surface area contributed by atoms with Crippen LogP contribution in [0, 0.1) is 0 Å². The second-order valence-electron chi connectivity index (χ2n) is 5.88. The van der Waals surface area contributed by atoms with E-state index in [2.05, 4.69) is 5.32 Å². The summed E-state index contributed by atoms with van der Waals surface area (Å²) in [5, 5.41) is 21.4. The number of phenolic OH excluding ortho intramolecular Hbond substituents is 1. The van der Waals surface area contributed by atoms with Crippen molar-refractivity contribution in [3.63, 3.8) is 0 Å². The van der Waals surface area contributed by atoms with E-state index in [1.807, 2.05) is 0 Å². The quantitative estimate of drug-likeness (QED) is 0.566. The van der Waals surface area contributed by atoms with Crippen molar-refractivity contribution < 1.29 is 28.9 Å². The molecule has 1 heterocycles. The molecule has 3 aromatic rings. The van der Waals surface area contributed by atoms with E-state index in [1.165, 1.54) is 18.4 Å². The molecule has 0 aliphatic heterocycles. The average Bonchev–Trinajstić information content (AvgIpc) is 2.71. The smallest absolute Gasteiger partial charge is 0.258 e. The lowest BCUT2D eigenvalue weighted by Crippen LogP contribution is -2.31. The average molecular weight is 385 g/mol. The fraction of sp³-hybridized carbons (Fsp3) is 0.200. The number of carbonyl (C=O) groups is 1. The van der Waals surface area contributed by atoms with E-state index in [4.69, 9.17) is 19.0 Å².